The van der Waals surface area contributed by atoms with E-state index in [-0.39, 0.29) is 18.9 Å². The second kappa shape index (κ2) is 12.3. The molecule has 2 heterocycles. The van der Waals surface area contributed by atoms with E-state index in [4.69, 9.17) is 13.9 Å². The van der Waals surface area contributed by atoms with E-state index in [0.717, 1.165) is 41.6 Å². The molecule has 1 N–H and O–H groups in total. The number of furan rings is 1. The van der Waals surface area contributed by atoms with Gasteiger partial charge in [0.1, 0.15) is 18.0 Å². The summed E-state index contributed by atoms with van der Waals surface area (Å²) in [5.41, 5.74) is 1.25. The normalized spacial score (nSPS) is 20.8. The summed E-state index contributed by atoms with van der Waals surface area (Å²) in [4.78, 5) is 25.6. The molecule has 3 atom stereocenters. The van der Waals surface area contributed by atoms with Crippen LogP contribution in [0.3, 0.4) is 0 Å². The molecule has 0 aliphatic carbocycles. The van der Waals surface area contributed by atoms with Gasteiger partial charge < -0.3 is 19.0 Å². The van der Waals surface area contributed by atoms with Crippen molar-refractivity contribution in [1.29, 1.82) is 0 Å². The fraction of sp³-hybridized carbons (Fsp3) is 0.613. The smallest absolute Gasteiger partial charge is 0.334 e. The van der Waals surface area contributed by atoms with Crippen molar-refractivity contribution in [2.24, 2.45) is 23.7 Å². The highest BCUT2D eigenvalue weighted by Gasteiger charge is 2.45. The van der Waals surface area contributed by atoms with Crippen LogP contribution in [-0.2, 0) is 19.1 Å². The first-order valence-electron chi connectivity index (χ1n) is 13.6. The molecule has 1 aliphatic rings. The summed E-state index contributed by atoms with van der Waals surface area (Å²) in [7, 11) is 0. The topological polar surface area (TPSA) is 86.0 Å². The Morgan fingerprint density at radius 1 is 1.11 bits per heavy atom. The maximum absolute atomic E-state index is 12.9. The lowest BCUT2D eigenvalue weighted by molar-refractivity contribution is -0.168. The third-order valence-corrected chi connectivity index (χ3v) is 7.42. The Labute approximate surface area is 221 Å². The minimum absolute atomic E-state index is 0.177. The maximum Gasteiger partial charge on any atom is 0.334 e. The van der Waals surface area contributed by atoms with Crippen molar-refractivity contribution in [3.8, 4) is 0 Å². The van der Waals surface area contributed by atoms with Crippen LogP contribution in [0.1, 0.15) is 84.5 Å². The van der Waals surface area contributed by atoms with E-state index in [1.54, 1.807) is 6.92 Å². The third kappa shape index (κ3) is 7.47. The largest absolute Gasteiger partial charge is 0.461 e. The summed E-state index contributed by atoms with van der Waals surface area (Å²) < 4.78 is 17.2. The minimum Gasteiger partial charge on any atom is -0.461 e. The van der Waals surface area contributed by atoms with Crippen LogP contribution in [0.25, 0.3) is 11.0 Å². The molecule has 6 heteroatoms. The van der Waals surface area contributed by atoms with Gasteiger partial charge in [-0.1, -0.05) is 59.2 Å². The number of ether oxygens (including phenoxy) is 2. The van der Waals surface area contributed by atoms with Gasteiger partial charge >= 0.3 is 11.9 Å². The molecule has 0 amide bonds. The molecule has 1 aliphatic heterocycles. The number of hydrogen-bond donors (Lipinski definition) is 1. The first-order valence-corrected chi connectivity index (χ1v) is 13.6. The zero-order chi connectivity index (χ0) is 27.3. The van der Waals surface area contributed by atoms with Gasteiger partial charge in [-0.2, -0.15) is 0 Å². The number of aliphatic hydroxyl groups is 1. The molecule has 0 spiro atoms. The quantitative estimate of drug-likeness (QED) is 0.251. The van der Waals surface area contributed by atoms with Gasteiger partial charge in [-0.05, 0) is 62.1 Å². The predicted octanol–water partition coefficient (Wildman–Crippen LogP) is 6.73. The highest BCUT2D eigenvalue weighted by Crippen LogP contribution is 2.35. The second-order valence-electron chi connectivity index (χ2n) is 11.9. The van der Waals surface area contributed by atoms with E-state index in [1.807, 2.05) is 38.1 Å². The van der Waals surface area contributed by atoms with E-state index in [1.165, 1.54) is 0 Å². The average molecular weight is 513 g/mol. The molecule has 6 nitrogen and oxygen atoms in total. The summed E-state index contributed by atoms with van der Waals surface area (Å²) >= 11 is 0. The van der Waals surface area contributed by atoms with Gasteiger partial charge in [-0.3, -0.25) is 4.79 Å². The lowest BCUT2D eigenvalue weighted by Crippen LogP contribution is -2.40. The monoisotopic (exact) mass is 512 g/mol. The van der Waals surface area contributed by atoms with Crippen molar-refractivity contribution in [3.05, 3.63) is 47.2 Å². The fourth-order valence-corrected chi connectivity index (χ4v) is 5.21. The zero-order valence-corrected chi connectivity index (χ0v) is 23.5. The molecular formula is C31H44O6. The molecule has 204 valence electrons. The van der Waals surface area contributed by atoms with Crippen LogP contribution in [-0.4, -0.2) is 35.9 Å². The zero-order valence-electron chi connectivity index (χ0n) is 23.5. The summed E-state index contributed by atoms with van der Waals surface area (Å²) in [5, 5.41) is 11.1. The van der Waals surface area contributed by atoms with Crippen LogP contribution in [0, 0.1) is 30.6 Å². The second-order valence-corrected chi connectivity index (χ2v) is 11.9. The molecule has 0 saturated carbocycles. The van der Waals surface area contributed by atoms with Crippen molar-refractivity contribution in [1.82, 2.24) is 0 Å². The van der Waals surface area contributed by atoms with Crippen LogP contribution in [0.2, 0.25) is 0 Å². The first kappa shape index (κ1) is 29.0. The minimum atomic E-state index is -1.23. The molecule has 1 aromatic heterocycles. The van der Waals surface area contributed by atoms with Crippen LogP contribution in [0.15, 0.2) is 40.3 Å². The lowest BCUT2D eigenvalue weighted by Gasteiger charge is -2.25. The Morgan fingerprint density at radius 3 is 2.41 bits per heavy atom. The Morgan fingerprint density at radius 2 is 1.78 bits per heavy atom. The number of allylic oxidation sites excluding steroid dienone is 1. The fourth-order valence-electron chi connectivity index (χ4n) is 5.21. The number of rotatable bonds is 12. The Balaban J connectivity index is 1.62. The first-order chi connectivity index (χ1) is 17.4. The lowest BCUT2D eigenvalue weighted by atomic mass is 9.86. The van der Waals surface area contributed by atoms with Crippen LogP contribution < -0.4 is 0 Å². The average Bonchev–Trinajstić information content (AvgIpc) is 3.40. The van der Waals surface area contributed by atoms with Gasteiger partial charge in [0.25, 0.3) is 0 Å². The van der Waals surface area contributed by atoms with Gasteiger partial charge in [-0.15, -0.1) is 0 Å². The molecule has 0 unspecified atom stereocenters. The molecule has 37 heavy (non-hydrogen) atoms. The molecule has 0 bridgehead atoms. The number of esters is 2. The predicted molar refractivity (Wildman–Crippen MR) is 145 cm³/mol. The Bertz CT molecular complexity index is 1100. The van der Waals surface area contributed by atoms with Gasteiger partial charge in [-0.25, -0.2) is 4.79 Å². The van der Waals surface area contributed by atoms with Crippen LogP contribution in [0.5, 0.6) is 0 Å². The maximum atomic E-state index is 12.9. The number of carbonyl (C=O) groups excluding carboxylic acids is 2. The van der Waals surface area contributed by atoms with Gasteiger partial charge in [0.15, 0.2) is 5.60 Å². The summed E-state index contributed by atoms with van der Waals surface area (Å²) in [6.07, 6.45) is 5.19. The van der Waals surface area contributed by atoms with Crippen molar-refractivity contribution >= 4 is 22.9 Å². The van der Waals surface area contributed by atoms with E-state index >= 15 is 0 Å². The summed E-state index contributed by atoms with van der Waals surface area (Å²) in [5.74, 6) is 0.853. The Hall–Kier alpha value is -2.60. The molecule has 1 saturated heterocycles. The summed E-state index contributed by atoms with van der Waals surface area (Å²) in [6, 6.07) is 7.94. The molecule has 1 aromatic carbocycles. The number of aliphatic hydroxyl groups excluding tert-OH is 1. The molecule has 1 fully saturated rings. The number of hydrogen-bond acceptors (Lipinski definition) is 6. The van der Waals surface area contributed by atoms with Crippen molar-refractivity contribution in [2.45, 2.75) is 85.7 Å². The molecule has 0 radical (unpaired) electrons. The number of fused-ring (bicyclic) bond motifs is 1. The highest BCUT2D eigenvalue weighted by atomic mass is 16.6. The van der Waals surface area contributed by atoms with Crippen molar-refractivity contribution in [3.63, 3.8) is 0 Å². The molecular weight excluding hydrogens is 468 g/mol. The van der Waals surface area contributed by atoms with E-state index in [2.05, 4.69) is 33.8 Å². The van der Waals surface area contributed by atoms with Crippen molar-refractivity contribution in [2.75, 3.05) is 13.2 Å². The SMILES string of the molecule is Cc1ccc2oc([C@@H](C)[C@@H](C)C(=O)OC[C@]3(CO)C/C(=C\CC(CC(C)C)CC(C)C)C(=O)O3)cc2c1. The van der Waals surface area contributed by atoms with E-state index in [9.17, 15) is 14.7 Å². The van der Waals surface area contributed by atoms with Gasteiger partial charge in [0.2, 0.25) is 0 Å². The van der Waals surface area contributed by atoms with Crippen molar-refractivity contribution < 1.29 is 28.6 Å². The van der Waals surface area contributed by atoms with Crippen LogP contribution >= 0.6 is 0 Å². The molecule has 2 aromatic rings. The number of carbonyl (C=O) groups is 2. The summed E-state index contributed by atoms with van der Waals surface area (Å²) in [6.45, 7) is 14.0. The number of cyclic esters (lactones) is 1. The van der Waals surface area contributed by atoms with Gasteiger partial charge in [0, 0.05) is 23.3 Å². The number of aryl methyl sites for hydroxylation is 1. The van der Waals surface area contributed by atoms with E-state index in [0.29, 0.717) is 23.3 Å². The van der Waals surface area contributed by atoms with E-state index < -0.39 is 30.1 Å². The van der Waals surface area contributed by atoms with Gasteiger partial charge in [0.05, 0.1) is 12.5 Å². The number of benzene rings is 1. The Kier molecular flexibility index (Phi) is 9.63. The third-order valence-electron chi connectivity index (χ3n) is 7.42. The molecule has 3 rings (SSSR count). The highest BCUT2D eigenvalue weighted by molar-refractivity contribution is 5.91. The standard InChI is InChI=1S/C31H44O6/c1-19(2)12-24(13-20(3)4)9-10-25-16-31(17-32,37-30(25)34)18-35-29(33)23(7)22(6)28-15-26-14-21(5)8-11-27(26)36-28/h8,10-11,14-15,19-20,22-24,32H,9,12-13,16-18H2,1-7H3/b25-10+/t22-,23+,31+/m0/s1. The van der Waals surface area contributed by atoms with Crippen LogP contribution in [0.4, 0.5) is 0 Å².